The summed E-state index contributed by atoms with van der Waals surface area (Å²) in [5.74, 6) is 0. The van der Waals surface area contributed by atoms with Crippen LogP contribution in [0.3, 0.4) is 0 Å². The van der Waals surface area contributed by atoms with Gasteiger partial charge in [-0.3, -0.25) is 9.88 Å². The van der Waals surface area contributed by atoms with Crippen molar-refractivity contribution in [3.05, 3.63) is 59.8 Å². The Bertz CT molecular complexity index is 1170. The van der Waals surface area contributed by atoms with E-state index in [2.05, 4.69) is 14.8 Å². The smallest absolute Gasteiger partial charge is 0.210 e. The van der Waals surface area contributed by atoms with E-state index in [1.165, 1.54) is 6.20 Å². The van der Waals surface area contributed by atoms with Crippen LogP contribution in [0, 0.1) is 6.92 Å². The molecule has 1 saturated heterocycles. The fraction of sp³-hybridized carbons (Fsp3) is 0.375. The molecule has 0 spiro atoms. The number of benzene rings is 2. The first-order valence-corrected chi connectivity index (χ1v) is 12.2. The molecule has 1 aromatic heterocycles. The number of hydrogen-bond acceptors (Lipinski definition) is 6. The molecule has 1 fully saturated rings. The van der Waals surface area contributed by atoms with E-state index >= 15 is 0 Å². The van der Waals surface area contributed by atoms with Crippen LogP contribution in [-0.4, -0.2) is 62.7 Å². The molecule has 3 aromatic rings. The molecule has 0 amide bonds. The predicted octanol–water partition coefficient (Wildman–Crippen LogP) is 3.05. The maximum atomic E-state index is 13.7. The third-order valence-electron chi connectivity index (χ3n) is 6.00. The van der Waals surface area contributed by atoms with Gasteiger partial charge in [-0.15, -0.1) is 0 Å². The minimum atomic E-state index is -3.73. The van der Waals surface area contributed by atoms with E-state index in [9.17, 15) is 13.5 Å². The van der Waals surface area contributed by atoms with Crippen molar-refractivity contribution in [2.75, 3.05) is 44.2 Å². The monoisotopic (exact) mass is 439 g/mol. The van der Waals surface area contributed by atoms with E-state index in [-0.39, 0.29) is 11.5 Å². The molecule has 1 N–H and O–H groups in total. The fourth-order valence-electron chi connectivity index (χ4n) is 4.16. The Labute approximate surface area is 184 Å². The van der Waals surface area contributed by atoms with Gasteiger partial charge in [-0.05, 0) is 43.2 Å². The van der Waals surface area contributed by atoms with Gasteiger partial charge in [0.15, 0.2) is 0 Å². The summed E-state index contributed by atoms with van der Waals surface area (Å²) in [6.45, 7) is 7.78. The van der Waals surface area contributed by atoms with Gasteiger partial charge in [-0.25, -0.2) is 8.42 Å². The second-order valence-corrected chi connectivity index (χ2v) is 9.96. The Kier molecular flexibility index (Phi) is 6.27. The zero-order valence-electron chi connectivity index (χ0n) is 18.1. The molecule has 2 heterocycles. The van der Waals surface area contributed by atoms with Gasteiger partial charge in [0.1, 0.15) is 4.90 Å². The van der Waals surface area contributed by atoms with Crippen molar-refractivity contribution in [1.82, 2.24) is 9.88 Å². The summed E-state index contributed by atoms with van der Waals surface area (Å²) in [4.78, 5) is 9.40. The zero-order valence-corrected chi connectivity index (χ0v) is 18.9. The lowest BCUT2D eigenvalue weighted by atomic mass is 10.1. The second-order valence-electron chi connectivity index (χ2n) is 8.04. The van der Waals surface area contributed by atoms with Crippen LogP contribution in [0.2, 0.25) is 0 Å². The molecule has 6 nitrogen and oxygen atoms in total. The van der Waals surface area contributed by atoms with Crippen molar-refractivity contribution in [3.63, 3.8) is 0 Å². The van der Waals surface area contributed by atoms with Crippen LogP contribution >= 0.6 is 0 Å². The lowest BCUT2D eigenvalue weighted by molar-refractivity contribution is 0.188. The predicted molar refractivity (Wildman–Crippen MR) is 123 cm³/mol. The summed E-state index contributed by atoms with van der Waals surface area (Å²) in [7, 11) is -3.73. The van der Waals surface area contributed by atoms with Gasteiger partial charge in [0, 0.05) is 44.3 Å². The molecule has 1 aliphatic heterocycles. The van der Waals surface area contributed by atoms with Crippen LogP contribution in [-0.2, 0) is 16.3 Å². The summed E-state index contributed by atoms with van der Waals surface area (Å²) < 4.78 is 27.4. The third kappa shape index (κ3) is 4.31. The number of aliphatic hydroxyl groups excluding tert-OH is 1. The Morgan fingerprint density at radius 3 is 2.39 bits per heavy atom. The Hall–Kier alpha value is -2.48. The van der Waals surface area contributed by atoms with Crippen molar-refractivity contribution in [1.29, 1.82) is 0 Å². The summed E-state index contributed by atoms with van der Waals surface area (Å²) in [6, 6.07) is 13.1. The van der Waals surface area contributed by atoms with E-state index in [1.54, 1.807) is 12.1 Å². The van der Waals surface area contributed by atoms with Crippen LogP contribution < -0.4 is 4.90 Å². The number of rotatable bonds is 6. The number of pyridine rings is 1. The van der Waals surface area contributed by atoms with E-state index in [4.69, 9.17) is 0 Å². The highest BCUT2D eigenvalue weighted by Gasteiger charge is 2.28. The SMILES string of the molecule is CCc1ccc(S(=O)(=O)c2cnc3ccc(C)cc3c2N2CCN(CCO)CC2)cc1. The second kappa shape index (κ2) is 8.94. The van der Waals surface area contributed by atoms with Crippen molar-refractivity contribution >= 4 is 26.4 Å². The zero-order chi connectivity index (χ0) is 22.0. The van der Waals surface area contributed by atoms with Gasteiger partial charge < -0.3 is 10.0 Å². The highest BCUT2D eigenvalue weighted by atomic mass is 32.2. The molecule has 0 aliphatic carbocycles. The van der Waals surface area contributed by atoms with Gasteiger partial charge >= 0.3 is 0 Å². The van der Waals surface area contributed by atoms with Gasteiger partial charge in [0.2, 0.25) is 9.84 Å². The lowest BCUT2D eigenvalue weighted by Gasteiger charge is -2.37. The van der Waals surface area contributed by atoms with Crippen molar-refractivity contribution in [3.8, 4) is 0 Å². The largest absolute Gasteiger partial charge is 0.395 e. The van der Waals surface area contributed by atoms with E-state index in [1.807, 2.05) is 44.2 Å². The third-order valence-corrected chi connectivity index (χ3v) is 7.77. The molecule has 2 aromatic carbocycles. The molecule has 0 atom stereocenters. The topological polar surface area (TPSA) is 73.7 Å². The van der Waals surface area contributed by atoms with Gasteiger partial charge in [-0.1, -0.05) is 30.7 Å². The Morgan fingerprint density at radius 1 is 1.03 bits per heavy atom. The van der Waals surface area contributed by atoms with E-state index in [0.717, 1.165) is 47.2 Å². The summed E-state index contributed by atoms with van der Waals surface area (Å²) in [5.41, 5.74) is 3.69. The number of hydrogen-bond donors (Lipinski definition) is 1. The quantitative estimate of drug-likeness (QED) is 0.636. The molecule has 4 rings (SSSR count). The maximum absolute atomic E-state index is 13.7. The van der Waals surface area contributed by atoms with Gasteiger partial charge in [0.05, 0.1) is 22.7 Å². The first-order chi connectivity index (χ1) is 14.9. The van der Waals surface area contributed by atoms with Gasteiger partial charge in [-0.2, -0.15) is 0 Å². The molecule has 1 aliphatic rings. The van der Waals surface area contributed by atoms with Crippen molar-refractivity contribution in [2.24, 2.45) is 0 Å². The van der Waals surface area contributed by atoms with Crippen LogP contribution in [0.15, 0.2) is 58.5 Å². The molecular formula is C24H29N3O3S. The standard InChI is InChI=1S/C24H29N3O3S/c1-3-19-5-7-20(8-6-19)31(29,30)23-17-25-22-9-4-18(2)16-21(22)24(23)27-12-10-26(11-13-27)14-15-28/h4-9,16-17,28H,3,10-15H2,1-2H3. The minimum Gasteiger partial charge on any atom is -0.395 e. The number of sulfone groups is 1. The maximum Gasteiger partial charge on any atom is 0.210 e. The number of aromatic nitrogens is 1. The molecule has 7 heteroatoms. The molecule has 0 bridgehead atoms. The minimum absolute atomic E-state index is 0.130. The number of anilines is 1. The van der Waals surface area contributed by atoms with Crippen LogP contribution in [0.25, 0.3) is 10.9 Å². The van der Waals surface area contributed by atoms with E-state index < -0.39 is 9.84 Å². The Morgan fingerprint density at radius 2 is 1.74 bits per heavy atom. The highest BCUT2D eigenvalue weighted by Crippen LogP contribution is 2.36. The fourth-order valence-corrected chi connectivity index (χ4v) is 5.60. The molecular weight excluding hydrogens is 410 g/mol. The number of aryl methyl sites for hydroxylation is 2. The average molecular weight is 440 g/mol. The van der Waals surface area contributed by atoms with Crippen LogP contribution in [0.5, 0.6) is 0 Å². The molecule has 0 radical (unpaired) electrons. The van der Waals surface area contributed by atoms with Gasteiger partial charge in [0.25, 0.3) is 0 Å². The highest BCUT2D eigenvalue weighted by molar-refractivity contribution is 7.91. The van der Waals surface area contributed by atoms with E-state index in [0.29, 0.717) is 24.5 Å². The average Bonchev–Trinajstić information content (AvgIpc) is 2.79. The number of fused-ring (bicyclic) bond motifs is 1. The summed E-state index contributed by atoms with van der Waals surface area (Å²) in [5, 5.41) is 10.1. The lowest BCUT2D eigenvalue weighted by Crippen LogP contribution is -2.47. The number of β-amino-alcohol motifs (C(OH)–C–C–N with tert-alkyl or cyclic N) is 1. The van der Waals surface area contributed by atoms with Crippen molar-refractivity contribution < 1.29 is 13.5 Å². The first kappa shape index (κ1) is 21.7. The molecule has 164 valence electrons. The number of piperazine rings is 1. The summed E-state index contributed by atoms with van der Waals surface area (Å²) in [6.07, 6.45) is 2.37. The van der Waals surface area contributed by atoms with Crippen LogP contribution in [0.4, 0.5) is 5.69 Å². The molecule has 0 unspecified atom stereocenters. The normalized spacial score (nSPS) is 15.5. The Balaban J connectivity index is 1.84. The number of nitrogens with zero attached hydrogens (tertiary/aromatic N) is 3. The molecule has 31 heavy (non-hydrogen) atoms. The van der Waals surface area contributed by atoms with Crippen LogP contribution in [0.1, 0.15) is 18.1 Å². The number of aliphatic hydroxyl groups is 1. The first-order valence-electron chi connectivity index (χ1n) is 10.8. The van der Waals surface area contributed by atoms with Crippen molar-refractivity contribution in [2.45, 2.75) is 30.1 Å². The molecule has 0 saturated carbocycles. The summed E-state index contributed by atoms with van der Waals surface area (Å²) >= 11 is 0.